The van der Waals surface area contributed by atoms with Crippen molar-refractivity contribution in [1.82, 2.24) is 4.98 Å². The number of esters is 1. The Morgan fingerprint density at radius 3 is 2.80 bits per heavy atom. The number of rotatable bonds is 4. The van der Waals surface area contributed by atoms with E-state index in [0.29, 0.717) is 10.7 Å². The molecule has 0 aliphatic heterocycles. The fraction of sp³-hybridized carbons (Fsp3) is 0.429. The van der Waals surface area contributed by atoms with Gasteiger partial charge in [-0.15, -0.1) is 0 Å². The molecule has 1 fully saturated rings. The second kappa shape index (κ2) is 5.92. The summed E-state index contributed by atoms with van der Waals surface area (Å²) in [5, 5.41) is 0.343. The van der Waals surface area contributed by atoms with Gasteiger partial charge in [-0.05, 0) is 23.5 Å². The van der Waals surface area contributed by atoms with Gasteiger partial charge in [-0.2, -0.15) is 0 Å². The number of nitrogens with zero attached hydrogens (tertiary/aromatic N) is 1. The Labute approximate surface area is 132 Å². The molecule has 0 amide bonds. The molecule has 0 radical (unpaired) electrons. The van der Waals surface area contributed by atoms with Crippen molar-refractivity contribution in [2.24, 2.45) is 17.3 Å². The highest BCUT2D eigenvalue weighted by atomic mass is 35.5. The SMILES string of the molecule is CC1(C)C(C=C(Cl)Cl)C1C(=O)OCc1cccnc1Cl. The number of hydrogen-bond donors (Lipinski definition) is 0. The van der Waals surface area contributed by atoms with Gasteiger partial charge in [0.05, 0.1) is 5.92 Å². The van der Waals surface area contributed by atoms with Crippen LogP contribution in [-0.4, -0.2) is 11.0 Å². The fourth-order valence-corrected chi connectivity index (χ4v) is 2.79. The van der Waals surface area contributed by atoms with Crippen LogP contribution in [-0.2, 0) is 16.1 Å². The molecule has 1 aliphatic rings. The van der Waals surface area contributed by atoms with Gasteiger partial charge in [0.2, 0.25) is 0 Å². The van der Waals surface area contributed by atoms with Crippen molar-refractivity contribution < 1.29 is 9.53 Å². The molecule has 20 heavy (non-hydrogen) atoms. The van der Waals surface area contributed by atoms with Crippen molar-refractivity contribution >= 4 is 40.8 Å². The molecular formula is C14H14Cl3NO2. The van der Waals surface area contributed by atoms with Crippen molar-refractivity contribution in [2.45, 2.75) is 20.5 Å². The second-order valence-corrected chi connectivity index (χ2v) is 6.71. The lowest BCUT2D eigenvalue weighted by Crippen LogP contribution is -2.11. The zero-order valence-electron chi connectivity index (χ0n) is 11.1. The molecule has 1 aromatic rings. The van der Waals surface area contributed by atoms with Crippen LogP contribution in [0.4, 0.5) is 0 Å². The predicted molar refractivity (Wildman–Crippen MR) is 79.6 cm³/mol. The van der Waals surface area contributed by atoms with E-state index in [0.717, 1.165) is 0 Å². The summed E-state index contributed by atoms with van der Waals surface area (Å²) in [6, 6.07) is 3.52. The Kier molecular flexibility index (Phi) is 4.62. The number of aromatic nitrogens is 1. The van der Waals surface area contributed by atoms with Crippen LogP contribution in [0.2, 0.25) is 5.15 Å². The first-order valence-electron chi connectivity index (χ1n) is 6.13. The quantitative estimate of drug-likeness (QED) is 0.606. The van der Waals surface area contributed by atoms with Gasteiger partial charge < -0.3 is 4.74 Å². The first-order valence-corrected chi connectivity index (χ1v) is 7.26. The number of carbonyl (C=O) groups is 1. The molecule has 0 N–H and O–H groups in total. The largest absolute Gasteiger partial charge is 0.460 e. The van der Waals surface area contributed by atoms with Gasteiger partial charge in [-0.3, -0.25) is 4.79 Å². The summed E-state index contributed by atoms with van der Waals surface area (Å²) >= 11 is 17.2. The van der Waals surface area contributed by atoms with Gasteiger partial charge in [0.25, 0.3) is 0 Å². The van der Waals surface area contributed by atoms with E-state index in [1.165, 1.54) is 0 Å². The molecule has 2 rings (SSSR count). The van der Waals surface area contributed by atoms with Gasteiger partial charge >= 0.3 is 5.97 Å². The summed E-state index contributed by atoms with van der Waals surface area (Å²) in [6.45, 7) is 4.07. The van der Waals surface area contributed by atoms with E-state index in [9.17, 15) is 4.79 Å². The number of hydrogen-bond acceptors (Lipinski definition) is 3. The van der Waals surface area contributed by atoms with E-state index in [-0.39, 0.29) is 34.3 Å². The van der Waals surface area contributed by atoms with Crippen molar-refractivity contribution in [3.05, 3.63) is 39.6 Å². The maximum absolute atomic E-state index is 12.1. The summed E-state index contributed by atoms with van der Waals surface area (Å²) in [5.41, 5.74) is 0.494. The molecule has 3 nitrogen and oxygen atoms in total. The van der Waals surface area contributed by atoms with E-state index in [2.05, 4.69) is 4.98 Å². The predicted octanol–water partition coefficient (Wildman–Crippen LogP) is 4.37. The Morgan fingerprint density at radius 1 is 1.50 bits per heavy atom. The molecule has 0 spiro atoms. The topological polar surface area (TPSA) is 39.2 Å². The van der Waals surface area contributed by atoms with Crippen LogP contribution in [0, 0.1) is 17.3 Å². The molecule has 0 saturated heterocycles. The first kappa shape index (κ1) is 15.6. The third-order valence-corrected chi connectivity index (χ3v) is 4.27. The van der Waals surface area contributed by atoms with Gasteiger partial charge in [0.15, 0.2) is 0 Å². The lowest BCUT2D eigenvalue weighted by atomic mass is 10.1. The Hall–Kier alpha value is -0.770. The Bertz CT molecular complexity index is 553. The zero-order chi connectivity index (χ0) is 14.9. The minimum atomic E-state index is -0.272. The van der Waals surface area contributed by atoms with Crippen LogP contribution in [0.3, 0.4) is 0 Å². The van der Waals surface area contributed by atoms with E-state index in [1.54, 1.807) is 24.4 Å². The molecule has 0 aromatic carbocycles. The van der Waals surface area contributed by atoms with Gasteiger partial charge in [-0.25, -0.2) is 4.98 Å². The van der Waals surface area contributed by atoms with E-state index in [4.69, 9.17) is 39.5 Å². The van der Waals surface area contributed by atoms with Crippen LogP contribution in [0.15, 0.2) is 28.9 Å². The standard InChI is InChI=1S/C14H14Cl3NO2/c1-14(2)9(6-10(15)16)11(14)13(19)20-7-8-4-3-5-18-12(8)17/h3-6,9,11H,7H2,1-2H3. The minimum Gasteiger partial charge on any atom is -0.460 e. The van der Waals surface area contributed by atoms with E-state index < -0.39 is 0 Å². The number of carbonyl (C=O) groups excluding carboxylic acids is 1. The minimum absolute atomic E-state index is 0.00405. The maximum Gasteiger partial charge on any atom is 0.310 e. The molecule has 1 saturated carbocycles. The van der Waals surface area contributed by atoms with Crippen molar-refractivity contribution in [3.63, 3.8) is 0 Å². The molecule has 1 heterocycles. The summed E-state index contributed by atoms with van der Waals surface area (Å²) in [4.78, 5) is 16.0. The summed E-state index contributed by atoms with van der Waals surface area (Å²) < 4.78 is 5.48. The number of allylic oxidation sites excluding steroid dienone is 1. The molecule has 0 bridgehead atoms. The highest BCUT2D eigenvalue weighted by Crippen LogP contribution is 2.60. The zero-order valence-corrected chi connectivity index (χ0v) is 13.3. The van der Waals surface area contributed by atoms with Crippen LogP contribution in [0.25, 0.3) is 0 Å². The normalized spacial score (nSPS) is 23.1. The monoisotopic (exact) mass is 333 g/mol. The Balaban J connectivity index is 1.97. The highest BCUT2D eigenvalue weighted by Gasteiger charge is 2.61. The summed E-state index contributed by atoms with van der Waals surface area (Å²) in [6.07, 6.45) is 3.27. The van der Waals surface area contributed by atoms with Crippen LogP contribution in [0.5, 0.6) is 0 Å². The maximum atomic E-state index is 12.1. The lowest BCUT2D eigenvalue weighted by molar-refractivity contribution is -0.147. The molecule has 1 aliphatic carbocycles. The molecule has 108 valence electrons. The lowest BCUT2D eigenvalue weighted by Gasteiger charge is -2.06. The van der Waals surface area contributed by atoms with Gasteiger partial charge in [-0.1, -0.05) is 54.7 Å². The van der Waals surface area contributed by atoms with Crippen LogP contribution < -0.4 is 0 Å². The van der Waals surface area contributed by atoms with E-state index in [1.807, 2.05) is 13.8 Å². The average molecular weight is 335 g/mol. The molecule has 2 unspecified atom stereocenters. The van der Waals surface area contributed by atoms with Crippen LogP contribution >= 0.6 is 34.8 Å². The molecule has 2 atom stereocenters. The number of halogens is 3. The van der Waals surface area contributed by atoms with Crippen molar-refractivity contribution in [1.29, 1.82) is 0 Å². The molecule has 1 aromatic heterocycles. The molecular weight excluding hydrogens is 321 g/mol. The average Bonchev–Trinajstić information content (AvgIpc) is 2.88. The fourth-order valence-electron chi connectivity index (χ4n) is 2.34. The third-order valence-electron chi connectivity index (χ3n) is 3.68. The highest BCUT2D eigenvalue weighted by molar-refractivity contribution is 6.55. The van der Waals surface area contributed by atoms with Crippen molar-refractivity contribution in [3.8, 4) is 0 Å². The van der Waals surface area contributed by atoms with Gasteiger partial charge in [0.1, 0.15) is 16.3 Å². The molecule has 6 heteroatoms. The third kappa shape index (κ3) is 3.27. The van der Waals surface area contributed by atoms with Crippen LogP contribution in [0.1, 0.15) is 19.4 Å². The first-order chi connectivity index (χ1) is 9.34. The number of ether oxygens (including phenoxy) is 1. The smallest absolute Gasteiger partial charge is 0.310 e. The summed E-state index contributed by atoms with van der Waals surface area (Å²) in [7, 11) is 0. The summed E-state index contributed by atoms with van der Waals surface area (Å²) in [5.74, 6) is -0.499. The van der Waals surface area contributed by atoms with Gasteiger partial charge in [0, 0.05) is 11.8 Å². The van der Waals surface area contributed by atoms with E-state index >= 15 is 0 Å². The number of pyridine rings is 1. The second-order valence-electron chi connectivity index (χ2n) is 5.34. The Morgan fingerprint density at radius 2 is 2.20 bits per heavy atom. The van der Waals surface area contributed by atoms with Crippen molar-refractivity contribution in [2.75, 3.05) is 0 Å².